The van der Waals surface area contributed by atoms with E-state index in [1.165, 1.54) is 24.0 Å². The van der Waals surface area contributed by atoms with Crippen molar-refractivity contribution >= 4 is 5.91 Å². The number of nitrogens with zero attached hydrogens (tertiary/aromatic N) is 2. The first-order valence-corrected chi connectivity index (χ1v) is 8.96. The van der Waals surface area contributed by atoms with Gasteiger partial charge < -0.3 is 9.64 Å². The molecule has 2 fully saturated rings. The molecule has 0 spiro atoms. The number of benzene rings is 1. The Hall–Kier alpha value is -1.39. The van der Waals surface area contributed by atoms with Crippen molar-refractivity contribution in [3.8, 4) is 0 Å². The summed E-state index contributed by atoms with van der Waals surface area (Å²) >= 11 is 0. The molecule has 0 saturated carbocycles. The molecule has 1 aliphatic carbocycles. The van der Waals surface area contributed by atoms with Gasteiger partial charge in [-0.05, 0) is 36.3 Å². The van der Waals surface area contributed by atoms with Crippen LogP contribution in [0.15, 0.2) is 24.3 Å². The molecule has 2 saturated heterocycles. The van der Waals surface area contributed by atoms with Gasteiger partial charge in [-0.15, -0.1) is 0 Å². The highest BCUT2D eigenvalue weighted by Gasteiger charge is 2.31. The highest BCUT2D eigenvalue weighted by molar-refractivity contribution is 5.76. The minimum absolute atomic E-state index is 0.329. The van der Waals surface area contributed by atoms with Crippen LogP contribution in [0, 0.1) is 5.92 Å². The summed E-state index contributed by atoms with van der Waals surface area (Å²) in [5, 5.41) is 0. The van der Waals surface area contributed by atoms with Crippen LogP contribution in [0.5, 0.6) is 0 Å². The SMILES string of the molecule is O=C(C[C@H]1CCOC1)N1CCN(C2Cc3ccccc3C2)CC1. The van der Waals surface area contributed by atoms with E-state index in [2.05, 4.69) is 34.1 Å². The van der Waals surface area contributed by atoms with Crippen LogP contribution in [0.1, 0.15) is 24.0 Å². The smallest absolute Gasteiger partial charge is 0.223 e. The van der Waals surface area contributed by atoms with E-state index >= 15 is 0 Å². The fourth-order valence-corrected chi connectivity index (χ4v) is 4.25. The van der Waals surface area contributed by atoms with Crippen molar-refractivity contribution in [1.82, 2.24) is 9.80 Å². The zero-order chi connectivity index (χ0) is 15.6. The van der Waals surface area contributed by atoms with Crippen LogP contribution in [0.2, 0.25) is 0 Å². The topological polar surface area (TPSA) is 32.8 Å². The molecule has 124 valence electrons. The molecule has 0 unspecified atom stereocenters. The normalized spacial score (nSPS) is 25.7. The van der Waals surface area contributed by atoms with Crippen LogP contribution in [-0.4, -0.2) is 61.1 Å². The first kappa shape index (κ1) is 15.2. The van der Waals surface area contributed by atoms with Crippen LogP contribution >= 0.6 is 0 Å². The number of carbonyl (C=O) groups is 1. The molecule has 1 atom stereocenters. The maximum Gasteiger partial charge on any atom is 0.223 e. The Morgan fingerprint density at radius 1 is 1.09 bits per heavy atom. The molecule has 4 nitrogen and oxygen atoms in total. The molecule has 0 radical (unpaired) electrons. The molecule has 2 aliphatic heterocycles. The van der Waals surface area contributed by atoms with Gasteiger partial charge in [0.15, 0.2) is 0 Å². The Bertz CT molecular complexity index is 535. The molecule has 2 heterocycles. The minimum Gasteiger partial charge on any atom is -0.381 e. The van der Waals surface area contributed by atoms with E-state index in [0.29, 0.717) is 24.3 Å². The van der Waals surface area contributed by atoms with E-state index in [1.807, 2.05) is 0 Å². The van der Waals surface area contributed by atoms with E-state index in [0.717, 1.165) is 45.8 Å². The number of rotatable bonds is 3. The lowest BCUT2D eigenvalue weighted by atomic mass is 10.0. The van der Waals surface area contributed by atoms with Gasteiger partial charge in [-0.3, -0.25) is 9.69 Å². The fourth-order valence-electron chi connectivity index (χ4n) is 4.25. The second-order valence-electron chi connectivity index (χ2n) is 7.18. The molecule has 1 aromatic carbocycles. The fraction of sp³-hybridized carbons (Fsp3) is 0.632. The van der Waals surface area contributed by atoms with Gasteiger partial charge in [-0.1, -0.05) is 24.3 Å². The standard InChI is InChI=1S/C19H26N2O2/c22-19(11-15-5-10-23-14-15)21-8-6-20(7-9-21)18-12-16-3-1-2-4-17(16)13-18/h1-4,15,18H,5-14H2/t15-/m1/s1. The average molecular weight is 314 g/mol. The molecule has 23 heavy (non-hydrogen) atoms. The van der Waals surface area contributed by atoms with Gasteiger partial charge in [-0.25, -0.2) is 0 Å². The largest absolute Gasteiger partial charge is 0.381 e. The molecular weight excluding hydrogens is 288 g/mol. The predicted octanol–water partition coefficient (Wildman–Crippen LogP) is 1.72. The average Bonchev–Trinajstić information content (AvgIpc) is 3.24. The quantitative estimate of drug-likeness (QED) is 0.852. The van der Waals surface area contributed by atoms with Crippen molar-refractivity contribution in [2.45, 2.75) is 31.7 Å². The summed E-state index contributed by atoms with van der Waals surface area (Å²) in [5.74, 6) is 0.778. The van der Waals surface area contributed by atoms with Gasteiger partial charge >= 0.3 is 0 Å². The van der Waals surface area contributed by atoms with Crippen LogP contribution in [0.4, 0.5) is 0 Å². The van der Waals surface area contributed by atoms with Gasteiger partial charge in [0.2, 0.25) is 5.91 Å². The molecule has 0 N–H and O–H groups in total. The summed E-state index contributed by atoms with van der Waals surface area (Å²) in [4.78, 5) is 17.1. The summed E-state index contributed by atoms with van der Waals surface area (Å²) in [6.45, 7) is 5.41. The lowest BCUT2D eigenvalue weighted by Crippen LogP contribution is -2.52. The van der Waals surface area contributed by atoms with Gasteiger partial charge in [-0.2, -0.15) is 0 Å². The summed E-state index contributed by atoms with van der Waals surface area (Å²) in [6, 6.07) is 9.44. The summed E-state index contributed by atoms with van der Waals surface area (Å²) in [6.07, 6.45) is 4.06. The van der Waals surface area contributed by atoms with Crippen LogP contribution in [-0.2, 0) is 22.4 Å². The Kier molecular flexibility index (Phi) is 4.36. The minimum atomic E-state index is 0.329. The second kappa shape index (κ2) is 6.62. The van der Waals surface area contributed by atoms with Gasteiger partial charge in [0.05, 0.1) is 0 Å². The first-order chi connectivity index (χ1) is 11.3. The lowest BCUT2D eigenvalue weighted by molar-refractivity contribution is -0.134. The molecule has 4 rings (SSSR count). The van der Waals surface area contributed by atoms with E-state index in [9.17, 15) is 4.79 Å². The second-order valence-corrected chi connectivity index (χ2v) is 7.18. The van der Waals surface area contributed by atoms with Crippen LogP contribution in [0.3, 0.4) is 0 Å². The zero-order valence-corrected chi connectivity index (χ0v) is 13.7. The van der Waals surface area contributed by atoms with Crippen molar-refractivity contribution in [2.75, 3.05) is 39.4 Å². The number of hydrogen-bond acceptors (Lipinski definition) is 3. The zero-order valence-electron chi connectivity index (χ0n) is 13.7. The predicted molar refractivity (Wildman–Crippen MR) is 89.3 cm³/mol. The first-order valence-electron chi connectivity index (χ1n) is 8.96. The monoisotopic (exact) mass is 314 g/mol. The summed E-state index contributed by atoms with van der Waals surface area (Å²) in [5.41, 5.74) is 3.02. The number of carbonyl (C=O) groups excluding carboxylic acids is 1. The Labute approximate surface area is 138 Å². The highest BCUT2D eigenvalue weighted by atomic mass is 16.5. The van der Waals surface area contributed by atoms with E-state index in [-0.39, 0.29) is 0 Å². The van der Waals surface area contributed by atoms with Gasteiger partial charge in [0, 0.05) is 51.9 Å². The van der Waals surface area contributed by atoms with Gasteiger partial charge in [0.25, 0.3) is 0 Å². The van der Waals surface area contributed by atoms with Crippen molar-refractivity contribution in [2.24, 2.45) is 5.92 Å². The van der Waals surface area contributed by atoms with E-state index < -0.39 is 0 Å². The Morgan fingerprint density at radius 3 is 2.39 bits per heavy atom. The number of piperazine rings is 1. The summed E-state index contributed by atoms with van der Waals surface area (Å²) in [7, 11) is 0. The molecule has 3 aliphatic rings. The van der Waals surface area contributed by atoms with Crippen molar-refractivity contribution in [3.63, 3.8) is 0 Å². The van der Waals surface area contributed by atoms with Crippen molar-refractivity contribution < 1.29 is 9.53 Å². The molecule has 0 bridgehead atoms. The third-order valence-electron chi connectivity index (χ3n) is 5.70. The number of fused-ring (bicyclic) bond motifs is 1. The van der Waals surface area contributed by atoms with E-state index in [4.69, 9.17) is 4.74 Å². The number of hydrogen-bond donors (Lipinski definition) is 0. The highest BCUT2D eigenvalue weighted by Crippen LogP contribution is 2.26. The molecule has 1 amide bonds. The third-order valence-corrected chi connectivity index (χ3v) is 5.70. The maximum atomic E-state index is 12.4. The van der Waals surface area contributed by atoms with Crippen molar-refractivity contribution in [1.29, 1.82) is 0 Å². The molecule has 1 aromatic rings. The maximum absolute atomic E-state index is 12.4. The molecule has 0 aromatic heterocycles. The van der Waals surface area contributed by atoms with E-state index in [1.54, 1.807) is 0 Å². The molecular formula is C19H26N2O2. The van der Waals surface area contributed by atoms with Gasteiger partial charge in [0.1, 0.15) is 0 Å². The summed E-state index contributed by atoms with van der Waals surface area (Å²) < 4.78 is 5.38. The third kappa shape index (κ3) is 3.29. The molecule has 4 heteroatoms. The Morgan fingerprint density at radius 2 is 1.78 bits per heavy atom. The van der Waals surface area contributed by atoms with Crippen molar-refractivity contribution in [3.05, 3.63) is 35.4 Å². The van der Waals surface area contributed by atoms with Crippen LogP contribution in [0.25, 0.3) is 0 Å². The Balaban J connectivity index is 1.27. The van der Waals surface area contributed by atoms with Crippen LogP contribution < -0.4 is 0 Å². The number of ether oxygens (including phenoxy) is 1. The lowest BCUT2D eigenvalue weighted by Gasteiger charge is -2.38. The number of amides is 1.